The predicted molar refractivity (Wildman–Crippen MR) is 54.5 cm³/mol. The van der Waals surface area contributed by atoms with E-state index in [0.717, 1.165) is 6.42 Å². The van der Waals surface area contributed by atoms with Gasteiger partial charge < -0.3 is 15.3 Å². The van der Waals surface area contributed by atoms with E-state index in [1.807, 2.05) is 6.92 Å². The van der Waals surface area contributed by atoms with Crippen molar-refractivity contribution in [2.75, 3.05) is 6.61 Å². The van der Waals surface area contributed by atoms with Gasteiger partial charge in [0, 0.05) is 12.1 Å². The molecule has 4 nitrogen and oxygen atoms in total. The first-order chi connectivity index (χ1) is 6.44. The van der Waals surface area contributed by atoms with E-state index in [1.165, 1.54) is 6.92 Å². The molecule has 1 unspecified atom stereocenters. The minimum atomic E-state index is -1.55. The number of carbonyl (C=O) groups excluding carboxylic acids is 1. The highest BCUT2D eigenvalue weighted by Crippen LogP contribution is 2.14. The summed E-state index contributed by atoms with van der Waals surface area (Å²) < 4.78 is 4.70. The second-order valence-electron chi connectivity index (χ2n) is 3.52. The number of carbonyl (C=O) groups is 1. The largest absolute Gasteiger partial charge is 0.464 e. The molecule has 2 N–H and O–H groups in total. The number of esters is 1. The van der Waals surface area contributed by atoms with E-state index in [0.29, 0.717) is 12.1 Å². The molecule has 0 saturated carbocycles. The molecule has 0 fully saturated rings. The average Bonchev–Trinajstić information content (AvgIpc) is 2.03. The molecule has 0 aromatic carbocycles. The normalized spacial score (nSPS) is 14.6. The van der Waals surface area contributed by atoms with E-state index >= 15 is 0 Å². The van der Waals surface area contributed by atoms with Crippen LogP contribution in [0.25, 0.3) is 0 Å². The van der Waals surface area contributed by atoms with Crippen LogP contribution in [-0.4, -0.2) is 29.0 Å². The monoisotopic (exact) mass is 201 g/mol. The topological polar surface area (TPSA) is 70.4 Å². The number of nitrogens with one attached hydrogen (secondary N) is 1. The van der Waals surface area contributed by atoms with E-state index in [1.54, 1.807) is 6.92 Å². The molecule has 0 saturated heterocycles. The Hall–Kier alpha value is -0.900. The third-order valence-corrected chi connectivity index (χ3v) is 1.82. The van der Waals surface area contributed by atoms with Crippen LogP contribution in [0, 0.1) is 5.41 Å². The van der Waals surface area contributed by atoms with Gasteiger partial charge in [0.2, 0.25) is 0 Å². The Morgan fingerprint density at radius 2 is 2.07 bits per heavy atom. The maximum Gasteiger partial charge on any atom is 0.338 e. The van der Waals surface area contributed by atoms with Crippen molar-refractivity contribution in [2.45, 2.75) is 45.6 Å². The Labute approximate surface area is 84.8 Å². The summed E-state index contributed by atoms with van der Waals surface area (Å²) in [5, 5.41) is 17.2. The number of hydrogen-bond donors (Lipinski definition) is 2. The third kappa shape index (κ3) is 4.37. The summed E-state index contributed by atoms with van der Waals surface area (Å²) in [5.74, 6) is -0.652. The van der Waals surface area contributed by atoms with Crippen molar-refractivity contribution < 1.29 is 14.6 Å². The van der Waals surface area contributed by atoms with Crippen LogP contribution < -0.4 is 0 Å². The van der Waals surface area contributed by atoms with Crippen LogP contribution in [0.3, 0.4) is 0 Å². The van der Waals surface area contributed by atoms with Gasteiger partial charge in [-0.15, -0.1) is 0 Å². The van der Waals surface area contributed by atoms with E-state index in [-0.39, 0.29) is 13.0 Å². The molecule has 82 valence electrons. The Balaban J connectivity index is 4.18. The van der Waals surface area contributed by atoms with Crippen LogP contribution in [0.5, 0.6) is 0 Å². The van der Waals surface area contributed by atoms with Gasteiger partial charge in [-0.1, -0.05) is 13.3 Å². The SMILES string of the molecule is CCCC(=N)CC(C)(O)C(=O)OCC. The van der Waals surface area contributed by atoms with Gasteiger partial charge in [0.15, 0.2) is 5.60 Å². The first kappa shape index (κ1) is 13.1. The van der Waals surface area contributed by atoms with Crippen LogP contribution in [0.1, 0.15) is 40.0 Å². The lowest BCUT2D eigenvalue weighted by molar-refractivity contribution is -0.162. The van der Waals surface area contributed by atoms with Crippen molar-refractivity contribution >= 4 is 11.7 Å². The second-order valence-corrected chi connectivity index (χ2v) is 3.52. The molecular formula is C10H19NO3. The van der Waals surface area contributed by atoms with Gasteiger partial charge in [0.05, 0.1) is 6.61 Å². The zero-order valence-corrected chi connectivity index (χ0v) is 9.09. The van der Waals surface area contributed by atoms with Crippen LogP contribution >= 0.6 is 0 Å². The summed E-state index contributed by atoms with van der Waals surface area (Å²) in [4.78, 5) is 11.2. The fourth-order valence-corrected chi connectivity index (χ4v) is 1.16. The summed E-state index contributed by atoms with van der Waals surface area (Å²) in [5.41, 5.74) is -1.17. The smallest absolute Gasteiger partial charge is 0.338 e. The molecule has 0 aliphatic heterocycles. The second kappa shape index (κ2) is 5.75. The quantitative estimate of drug-likeness (QED) is 0.505. The maximum atomic E-state index is 11.2. The molecular weight excluding hydrogens is 182 g/mol. The number of hydrogen-bond acceptors (Lipinski definition) is 4. The van der Waals surface area contributed by atoms with E-state index < -0.39 is 11.6 Å². The third-order valence-electron chi connectivity index (χ3n) is 1.82. The Kier molecular flexibility index (Phi) is 5.38. The molecule has 0 rings (SSSR count). The molecule has 14 heavy (non-hydrogen) atoms. The summed E-state index contributed by atoms with van der Waals surface area (Å²) in [6.45, 7) is 5.27. The van der Waals surface area contributed by atoms with E-state index in [4.69, 9.17) is 10.1 Å². The molecule has 0 spiro atoms. The molecule has 4 heteroatoms. The zero-order chi connectivity index (χ0) is 11.2. The Bertz CT molecular complexity index is 211. The molecule has 0 radical (unpaired) electrons. The van der Waals surface area contributed by atoms with Crippen molar-refractivity contribution in [2.24, 2.45) is 0 Å². The molecule has 0 aliphatic rings. The van der Waals surface area contributed by atoms with Crippen molar-refractivity contribution in [1.29, 1.82) is 5.41 Å². The molecule has 0 heterocycles. The predicted octanol–water partition coefficient (Wildman–Crippen LogP) is 1.51. The number of aliphatic hydroxyl groups is 1. The van der Waals surface area contributed by atoms with Crippen LogP contribution in [-0.2, 0) is 9.53 Å². The molecule has 0 aliphatic carbocycles. The fraction of sp³-hybridized carbons (Fsp3) is 0.800. The van der Waals surface area contributed by atoms with Crippen LogP contribution in [0.4, 0.5) is 0 Å². The number of ether oxygens (including phenoxy) is 1. The summed E-state index contributed by atoms with van der Waals surface area (Å²) in [7, 11) is 0. The van der Waals surface area contributed by atoms with Gasteiger partial charge in [-0.2, -0.15) is 0 Å². The van der Waals surface area contributed by atoms with Crippen molar-refractivity contribution in [3.05, 3.63) is 0 Å². The van der Waals surface area contributed by atoms with Crippen LogP contribution in [0.15, 0.2) is 0 Å². The molecule has 0 aromatic rings. The van der Waals surface area contributed by atoms with Crippen molar-refractivity contribution in [3.63, 3.8) is 0 Å². The summed E-state index contributed by atoms with van der Waals surface area (Å²) in [6, 6.07) is 0. The highest BCUT2D eigenvalue weighted by Gasteiger charge is 2.32. The van der Waals surface area contributed by atoms with Gasteiger partial charge in [-0.3, -0.25) is 0 Å². The first-order valence-corrected chi connectivity index (χ1v) is 4.90. The number of rotatable bonds is 6. The lowest BCUT2D eigenvalue weighted by atomic mass is 9.97. The van der Waals surface area contributed by atoms with Crippen molar-refractivity contribution in [1.82, 2.24) is 0 Å². The Morgan fingerprint density at radius 1 is 1.50 bits per heavy atom. The summed E-state index contributed by atoms with van der Waals surface area (Å²) in [6.07, 6.45) is 1.51. The first-order valence-electron chi connectivity index (χ1n) is 4.90. The standard InChI is InChI=1S/C10H19NO3/c1-4-6-8(11)7-10(3,13)9(12)14-5-2/h11,13H,4-7H2,1-3H3. The molecule has 1 atom stereocenters. The summed E-state index contributed by atoms with van der Waals surface area (Å²) >= 11 is 0. The lowest BCUT2D eigenvalue weighted by Gasteiger charge is -2.20. The highest BCUT2D eigenvalue weighted by molar-refractivity contribution is 5.89. The van der Waals surface area contributed by atoms with Gasteiger partial charge in [0.25, 0.3) is 0 Å². The van der Waals surface area contributed by atoms with Gasteiger partial charge in [0.1, 0.15) is 0 Å². The zero-order valence-electron chi connectivity index (χ0n) is 9.09. The van der Waals surface area contributed by atoms with Crippen LogP contribution in [0.2, 0.25) is 0 Å². The van der Waals surface area contributed by atoms with Gasteiger partial charge in [-0.05, 0) is 20.3 Å². The Morgan fingerprint density at radius 3 is 2.50 bits per heavy atom. The van der Waals surface area contributed by atoms with E-state index in [9.17, 15) is 9.90 Å². The minimum Gasteiger partial charge on any atom is -0.464 e. The fourth-order valence-electron chi connectivity index (χ4n) is 1.16. The maximum absolute atomic E-state index is 11.2. The minimum absolute atomic E-state index is 0.0552. The van der Waals surface area contributed by atoms with Gasteiger partial charge >= 0.3 is 5.97 Å². The average molecular weight is 201 g/mol. The lowest BCUT2D eigenvalue weighted by Crippen LogP contribution is -2.38. The molecule has 0 aromatic heterocycles. The molecule has 0 amide bonds. The van der Waals surface area contributed by atoms with E-state index in [2.05, 4.69) is 0 Å². The molecule has 0 bridgehead atoms. The highest BCUT2D eigenvalue weighted by atomic mass is 16.5. The van der Waals surface area contributed by atoms with Gasteiger partial charge in [-0.25, -0.2) is 4.79 Å². The van der Waals surface area contributed by atoms with Crippen molar-refractivity contribution in [3.8, 4) is 0 Å².